The van der Waals surface area contributed by atoms with Crippen molar-refractivity contribution in [3.63, 3.8) is 0 Å². The maximum absolute atomic E-state index is 12.5. The molecule has 1 aromatic carbocycles. The molecule has 0 aliphatic carbocycles. The second-order valence-corrected chi connectivity index (χ2v) is 7.72. The second-order valence-electron chi connectivity index (χ2n) is 6.15. The first-order valence-corrected chi connectivity index (χ1v) is 8.36. The molecule has 0 radical (unpaired) electrons. The van der Waals surface area contributed by atoms with Crippen LogP contribution in [0.2, 0.25) is 0 Å². The number of likely N-dealkylation sites (tertiary alicyclic amines) is 1. The van der Waals surface area contributed by atoms with E-state index < -0.39 is 0 Å². The Hall–Kier alpha value is -0.960. The van der Waals surface area contributed by atoms with Crippen LogP contribution in [0.5, 0.6) is 0 Å². The molecule has 0 saturated carbocycles. The number of nitrogens with zero attached hydrogens (tertiary/aromatic N) is 1. The van der Waals surface area contributed by atoms with Crippen molar-refractivity contribution in [2.75, 3.05) is 13.1 Å². The van der Waals surface area contributed by atoms with E-state index in [-0.39, 0.29) is 9.99 Å². The molecule has 2 rings (SSSR count). The molecule has 1 amide bonds. The summed E-state index contributed by atoms with van der Waals surface area (Å²) in [6.07, 6.45) is 4.82. The van der Waals surface area contributed by atoms with Crippen molar-refractivity contribution in [1.29, 1.82) is 0 Å². The Morgan fingerprint density at radius 1 is 1.05 bits per heavy atom. The van der Waals surface area contributed by atoms with Gasteiger partial charge in [-0.05, 0) is 39.2 Å². The number of carbonyl (C=O) groups excluding carboxylic acids is 1. The highest BCUT2D eigenvalue weighted by molar-refractivity contribution is 8.14. The second kappa shape index (κ2) is 6.66. The lowest BCUT2D eigenvalue weighted by Gasteiger charge is -2.28. The molecule has 1 fully saturated rings. The number of hydrogen-bond acceptors (Lipinski definition) is 2. The minimum absolute atomic E-state index is 0.170. The standard InChI is InChI=1S/C17H25NOS/c1-14-8-10-15(11-9-14)17(2,3)20-16(19)18-12-6-4-5-7-13-18/h8-11H,4-7,12-13H2,1-3H3. The van der Waals surface area contributed by atoms with Gasteiger partial charge in [0.2, 0.25) is 0 Å². The normalized spacial score (nSPS) is 16.9. The van der Waals surface area contributed by atoms with E-state index >= 15 is 0 Å². The van der Waals surface area contributed by atoms with Crippen molar-refractivity contribution in [3.8, 4) is 0 Å². The van der Waals surface area contributed by atoms with Crippen LogP contribution in [0.25, 0.3) is 0 Å². The number of thioether (sulfide) groups is 1. The molecule has 110 valence electrons. The fraction of sp³-hybridized carbons (Fsp3) is 0.588. The highest BCUT2D eigenvalue weighted by atomic mass is 32.2. The van der Waals surface area contributed by atoms with Gasteiger partial charge in [-0.3, -0.25) is 4.79 Å². The molecule has 20 heavy (non-hydrogen) atoms. The van der Waals surface area contributed by atoms with E-state index in [4.69, 9.17) is 0 Å². The molecule has 0 N–H and O–H groups in total. The van der Waals surface area contributed by atoms with E-state index in [1.54, 1.807) is 0 Å². The lowest BCUT2D eigenvalue weighted by molar-refractivity contribution is 0.225. The molecule has 1 aliphatic heterocycles. The number of hydrogen-bond donors (Lipinski definition) is 0. The van der Waals surface area contributed by atoms with Crippen LogP contribution in [-0.4, -0.2) is 23.2 Å². The fourth-order valence-electron chi connectivity index (χ4n) is 2.55. The zero-order valence-corrected chi connectivity index (χ0v) is 13.6. The third-order valence-corrected chi connectivity index (χ3v) is 5.13. The third kappa shape index (κ3) is 4.02. The molecular weight excluding hydrogens is 266 g/mol. The summed E-state index contributed by atoms with van der Waals surface area (Å²) in [6, 6.07) is 8.51. The van der Waals surface area contributed by atoms with Gasteiger partial charge in [0.25, 0.3) is 5.24 Å². The summed E-state index contributed by atoms with van der Waals surface area (Å²) < 4.78 is -0.170. The summed E-state index contributed by atoms with van der Waals surface area (Å²) in [6.45, 7) is 8.22. The number of benzene rings is 1. The van der Waals surface area contributed by atoms with Crippen molar-refractivity contribution in [2.24, 2.45) is 0 Å². The minimum Gasteiger partial charge on any atom is -0.334 e. The predicted octanol–water partition coefficient (Wildman–Crippen LogP) is 4.96. The Balaban J connectivity index is 2.02. The molecule has 0 aromatic heterocycles. The molecular formula is C17H25NOS. The van der Waals surface area contributed by atoms with Gasteiger partial charge in [0.15, 0.2) is 0 Å². The number of carbonyl (C=O) groups is 1. The van der Waals surface area contributed by atoms with Gasteiger partial charge in [0, 0.05) is 17.8 Å². The Morgan fingerprint density at radius 3 is 2.15 bits per heavy atom. The molecule has 0 bridgehead atoms. The molecule has 3 heteroatoms. The van der Waals surface area contributed by atoms with E-state index in [1.165, 1.54) is 35.7 Å². The first-order valence-electron chi connectivity index (χ1n) is 7.54. The largest absolute Gasteiger partial charge is 0.334 e. The maximum Gasteiger partial charge on any atom is 0.282 e. The summed E-state index contributed by atoms with van der Waals surface area (Å²) in [4.78, 5) is 14.5. The van der Waals surface area contributed by atoms with Crippen LogP contribution in [0.4, 0.5) is 4.79 Å². The van der Waals surface area contributed by atoms with Gasteiger partial charge < -0.3 is 4.90 Å². The zero-order chi connectivity index (χ0) is 14.6. The van der Waals surface area contributed by atoms with Crippen LogP contribution in [0.1, 0.15) is 50.7 Å². The van der Waals surface area contributed by atoms with Gasteiger partial charge in [-0.25, -0.2) is 0 Å². The van der Waals surface area contributed by atoms with E-state index in [0.717, 1.165) is 25.9 Å². The third-order valence-electron chi connectivity index (χ3n) is 3.95. The Bertz CT molecular complexity index is 445. The van der Waals surface area contributed by atoms with Crippen LogP contribution in [0.3, 0.4) is 0 Å². The summed E-state index contributed by atoms with van der Waals surface area (Å²) in [5, 5.41) is 0.234. The van der Waals surface area contributed by atoms with Crippen LogP contribution < -0.4 is 0 Å². The molecule has 0 spiro atoms. The van der Waals surface area contributed by atoms with Gasteiger partial charge in [-0.15, -0.1) is 0 Å². The van der Waals surface area contributed by atoms with E-state index in [1.807, 2.05) is 4.90 Å². The van der Waals surface area contributed by atoms with Crippen molar-refractivity contribution in [1.82, 2.24) is 4.90 Å². The number of aryl methyl sites for hydroxylation is 1. The van der Waals surface area contributed by atoms with Gasteiger partial charge >= 0.3 is 0 Å². The highest BCUT2D eigenvalue weighted by Crippen LogP contribution is 2.37. The van der Waals surface area contributed by atoms with Crippen LogP contribution in [0.15, 0.2) is 24.3 Å². The van der Waals surface area contributed by atoms with Crippen molar-refractivity contribution < 1.29 is 4.79 Å². The molecule has 2 nitrogen and oxygen atoms in total. The average molecular weight is 291 g/mol. The Morgan fingerprint density at radius 2 is 1.60 bits per heavy atom. The first kappa shape index (κ1) is 15.4. The summed E-state index contributed by atoms with van der Waals surface area (Å²) in [7, 11) is 0. The van der Waals surface area contributed by atoms with Crippen molar-refractivity contribution in [3.05, 3.63) is 35.4 Å². The van der Waals surface area contributed by atoms with Gasteiger partial charge in [0.05, 0.1) is 0 Å². The summed E-state index contributed by atoms with van der Waals surface area (Å²) >= 11 is 1.46. The van der Waals surface area contributed by atoms with Crippen molar-refractivity contribution >= 4 is 17.0 Å². The minimum atomic E-state index is -0.170. The average Bonchev–Trinajstić information content (AvgIpc) is 2.67. The van der Waals surface area contributed by atoms with Gasteiger partial charge in [-0.1, -0.05) is 54.4 Å². The number of rotatable bonds is 2. The fourth-order valence-corrected chi connectivity index (χ4v) is 3.55. The van der Waals surface area contributed by atoms with Crippen LogP contribution >= 0.6 is 11.8 Å². The number of amides is 1. The SMILES string of the molecule is Cc1ccc(C(C)(C)SC(=O)N2CCCCCC2)cc1. The van der Waals surface area contributed by atoms with Gasteiger partial charge in [0.1, 0.15) is 0 Å². The summed E-state index contributed by atoms with van der Waals surface area (Å²) in [5.41, 5.74) is 2.48. The van der Waals surface area contributed by atoms with E-state index in [0.29, 0.717) is 0 Å². The maximum atomic E-state index is 12.5. The smallest absolute Gasteiger partial charge is 0.282 e. The molecule has 1 saturated heterocycles. The Labute approximate surface area is 126 Å². The topological polar surface area (TPSA) is 20.3 Å². The highest BCUT2D eigenvalue weighted by Gasteiger charge is 2.28. The molecule has 1 heterocycles. The van der Waals surface area contributed by atoms with E-state index in [2.05, 4.69) is 45.0 Å². The first-order chi connectivity index (χ1) is 9.49. The zero-order valence-electron chi connectivity index (χ0n) is 12.8. The molecule has 1 aromatic rings. The Kier molecular flexibility index (Phi) is 5.14. The monoisotopic (exact) mass is 291 g/mol. The van der Waals surface area contributed by atoms with Crippen LogP contribution in [-0.2, 0) is 4.75 Å². The summed E-state index contributed by atoms with van der Waals surface area (Å²) in [5.74, 6) is 0. The lowest BCUT2D eigenvalue weighted by Crippen LogP contribution is -2.31. The van der Waals surface area contributed by atoms with Crippen molar-refractivity contribution in [2.45, 2.75) is 51.2 Å². The molecule has 0 atom stereocenters. The lowest BCUT2D eigenvalue weighted by atomic mass is 10.0. The van der Waals surface area contributed by atoms with E-state index in [9.17, 15) is 4.79 Å². The van der Waals surface area contributed by atoms with Crippen LogP contribution in [0, 0.1) is 6.92 Å². The predicted molar refractivity (Wildman–Crippen MR) is 87.2 cm³/mol. The molecule has 1 aliphatic rings. The molecule has 0 unspecified atom stereocenters. The quantitative estimate of drug-likeness (QED) is 0.767. The van der Waals surface area contributed by atoms with Gasteiger partial charge in [-0.2, -0.15) is 0 Å².